The van der Waals surface area contributed by atoms with E-state index >= 15 is 0 Å². The second kappa shape index (κ2) is 18.9. The minimum atomic E-state index is 0.201. The van der Waals surface area contributed by atoms with Gasteiger partial charge in [0.05, 0.1) is 26.0 Å². The summed E-state index contributed by atoms with van der Waals surface area (Å²) in [6, 6.07) is 0. The molecule has 0 bridgehead atoms. The SMILES string of the molecule is CC(C)CCCC(C)C1CCC2C3CC=C4CC(CC(=O)NCCN(CCNCNC=N)CCNCNC=N)CCC4(C)C3CCC12C. The van der Waals surface area contributed by atoms with Gasteiger partial charge in [-0.25, -0.2) is 0 Å². The molecule has 0 saturated heterocycles. The Labute approximate surface area is 293 Å². The highest BCUT2D eigenvalue weighted by atomic mass is 16.1. The van der Waals surface area contributed by atoms with Crippen molar-refractivity contribution in [3.8, 4) is 0 Å². The fourth-order valence-electron chi connectivity index (χ4n) is 10.9. The average Bonchev–Trinajstić information content (AvgIpc) is 3.41. The molecule has 8 unspecified atom stereocenters. The van der Waals surface area contributed by atoms with Crippen LogP contribution in [0.3, 0.4) is 0 Å². The topological polar surface area (TPSA) is 128 Å². The largest absolute Gasteiger partial charge is 0.364 e. The number of nitrogens with one attached hydrogen (secondary N) is 7. The summed E-state index contributed by atoms with van der Waals surface area (Å²) >= 11 is 0. The summed E-state index contributed by atoms with van der Waals surface area (Å²) in [5.41, 5.74) is 2.56. The van der Waals surface area contributed by atoms with Crippen molar-refractivity contribution >= 4 is 18.6 Å². The van der Waals surface area contributed by atoms with Gasteiger partial charge in [-0.3, -0.25) is 31.1 Å². The molecule has 7 N–H and O–H groups in total. The van der Waals surface area contributed by atoms with E-state index in [0.29, 0.717) is 43.1 Å². The van der Waals surface area contributed by atoms with Crippen LogP contribution in [0.4, 0.5) is 0 Å². The zero-order valence-electron chi connectivity index (χ0n) is 31.3. The van der Waals surface area contributed by atoms with E-state index in [1.165, 1.54) is 76.9 Å². The highest BCUT2D eigenvalue weighted by molar-refractivity contribution is 5.76. The molecule has 9 heteroatoms. The lowest BCUT2D eigenvalue weighted by Gasteiger charge is -2.58. The Hall–Kier alpha value is -1.97. The van der Waals surface area contributed by atoms with Gasteiger partial charge in [0.2, 0.25) is 5.91 Å². The minimum absolute atomic E-state index is 0.201. The van der Waals surface area contributed by atoms with Crippen LogP contribution in [0.25, 0.3) is 0 Å². The summed E-state index contributed by atoms with van der Waals surface area (Å²) in [5, 5.41) is 29.7. The van der Waals surface area contributed by atoms with Crippen LogP contribution in [0.2, 0.25) is 0 Å². The number of carbonyl (C=O) groups excluding carboxylic acids is 1. The standard InChI is InChI=1S/C39H72N8O/c1-29(2)7-6-8-30(3)34-11-12-35-33-10-9-32-23-31(13-15-38(32,4)36(33)14-16-39(34,35)5)24-37(48)46-19-22-47(20-17-42-27-44-25-40)21-18-43-28-45-26-41/h9,25-26,29-31,33-36,42-43H,6-8,10-24,27-28H2,1-5H3,(H2,40,44)(H2,41,45)(H,46,48). The van der Waals surface area contributed by atoms with Crippen LogP contribution < -0.4 is 26.6 Å². The molecule has 3 saturated carbocycles. The normalized spacial score (nSPS) is 31.7. The number of allylic oxidation sites excluding steroid dienone is 2. The Morgan fingerprint density at radius 2 is 1.60 bits per heavy atom. The lowest BCUT2D eigenvalue weighted by molar-refractivity contribution is -0.122. The lowest BCUT2D eigenvalue weighted by atomic mass is 9.46. The number of fused-ring (bicyclic) bond motifs is 5. The van der Waals surface area contributed by atoms with Gasteiger partial charge in [-0.15, -0.1) is 0 Å². The molecule has 3 fully saturated rings. The Balaban J connectivity index is 1.24. The summed E-state index contributed by atoms with van der Waals surface area (Å²) in [7, 11) is 0. The third kappa shape index (κ3) is 10.1. The Bertz CT molecular complexity index is 1030. The third-order valence-electron chi connectivity index (χ3n) is 13.5. The summed E-state index contributed by atoms with van der Waals surface area (Å²) < 4.78 is 0. The molecule has 4 rings (SSSR count). The highest BCUT2D eigenvalue weighted by Gasteiger charge is 2.59. The van der Waals surface area contributed by atoms with E-state index in [9.17, 15) is 4.79 Å². The van der Waals surface area contributed by atoms with Crippen LogP contribution in [-0.2, 0) is 4.79 Å². The molecule has 0 aromatic rings. The fraction of sp³-hybridized carbons (Fsp3) is 0.872. The number of rotatable bonds is 22. The molecule has 48 heavy (non-hydrogen) atoms. The van der Waals surface area contributed by atoms with E-state index in [-0.39, 0.29) is 5.91 Å². The molecule has 4 aliphatic rings. The molecular weight excluding hydrogens is 596 g/mol. The maximum Gasteiger partial charge on any atom is 0.220 e. The van der Waals surface area contributed by atoms with Crippen molar-refractivity contribution in [1.29, 1.82) is 10.8 Å². The number of hydrogen-bond donors (Lipinski definition) is 7. The van der Waals surface area contributed by atoms with E-state index in [1.54, 1.807) is 5.57 Å². The minimum Gasteiger partial charge on any atom is -0.364 e. The molecule has 8 atom stereocenters. The van der Waals surface area contributed by atoms with Crippen LogP contribution in [-0.4, -0.2) is 76.1 Å². The first kappa shape index (κ1) is 38.8. The van der Waals surface area contributed by atoms with Gasteiger partial charge in [0.25, 0.3) is 0 Å². The summed E-state index contributed by atoms with van der Waals surface area (Å²) in [6.07, 6.45) is 20.5. The quantitative estimate of drug-likeness (QED) is 0.0252. The van der Waals surface area contributed by atoms with E-state index < -0.39 is 0 Å². The molecule has 0 aliphatic heterocycles. The van der Waals surface area contributed by atoms with Crippen molar-refractivity contribution in [2.45, 2.75) is 112 Å². The second-order valence-corrected chi connectivity index (χ2v) is 16.8. The van der Waals surface area contributed by atoms with Gasteiger partial charge in [-0.2, -0.15) is 0 Å². The Morgan fingerprint density at radius 1 is 0.917 bits per heavy atom. The molecule has 274 valence electrons. The van der Waals surface area contributed by atoms with Crippen molar-refractivity contribution in [3.05, 3.63) is 11.6 Å². The molecule has 0 aromatic heterocycles. The number of carbonyl (C=O) groups is 1. The van der Waals surface area contributed by atoms with E-state index in [1.807, 2.05) is 0 Å². The predicted octanol–water partition coefficient (Wildman–Crippen LogP) is 5.94. The molecule has 0 spiro atoms. The van der Waals surface area contributed by atoms with Crippen LogP contribution in [0.1, 0.15) is 112 Å². The van der Waals surface area contributed by atoms with Gasteiger partial charge in [-0.05, 0) is 104 Å². The van der Waals surface area contributed by atoms with Gasteiger partial charge in [0.1, 0.15) is 0 Å². The monoisotopic (exact) mass is 669 g/mol. The van der Waals surface area contributed by atoms with Gasteiger partial charge < -0.3 is 16.0 Å². The molecule has 4 aliphatic carbocycles. The molecule has 0 radical (unpaired) electrons. The van der Waals surface area contributed by atoms with Crippen LogP contribution >= 0.6 is 0 Å². The van der Waals surface area contributed by atoms with Crippen molar-refractivity contribution in [2.24, 2.45) is 52.3 Å². The van der Waals surface area contributed by atoms with Crippen LogP contribution in [0, 0.1) is 63.1 Å². The van der Waals surface area contributed by atoms with Crippen LogP contribution in [0.15, 0.2) is 11.6 Å². The van der Waals surface area contributed by atoms with Crippen LogP contribution in [0.5, 0.6) is 0 Å². The molecule has 9 nitrogen and oxygen atoms in total. The first-order chi connectivity index (χ1) is 23.1. The smallest absolute Gasteiger partial charge is 0.220 e. The molecule has 0 aromatic carbocycles. The molecule has 1 amide bonds. The number of nitrogens with zero attached hydrogens (tertiary/aromatic N) is 1. The summed E-state index contributed by atoms with van der Waals surface area (Å²) in [6.45, 7) is 18.6. The number of amides is 1. The van der Waals surface area contributed by atoms with Crippen molar-refractivity contribution in [3.63, 3.8) is 0 Å². The second-order valence-electron chi connectivity index (χ2n) is 16.8. The van der Waals surface area contributed by atoms with Gasteiger partial charge in [-0.1, -0.05) is 65.5 Å². The predicted molar refractivity (Wildman–Crippen MR) is 200 cm³/mol. The fourth-order valence-corrected chi connectivity index (χ4v) is 10.9. The van der Waals surface area contributed by atoms with Crippen molar-refractivity contribution in [2.75, 3.05) is 52.6 Å². The van der Waals surface area contributed by atoms with Gasteiger partial charge in [0, 0.05) is 45.7 Å². The first-order valence-corrected chi connectivity index (χ1v) is 19.7. The van der Waals surface area contributed by atoms with Gasteiger partial charge >= 0.3 is 0 Å². The zero-order valence-corrected chi connectivity index (χ0v) is 31.3. The third-order valence-corrected chi connectivity index (χ3v) is 13.5. The number of hydrogen-bond acceptors (Lipinski definition) is 6. The van der Waals surface area contributed by atoms with E-state index in [2.05, 4.69) is 72.2 Å². The molecule has 0 heterocycles. The Morgan fingerprint density at radius 3 is 2.27 bits per heavy atom. The van der Waals surface area contributed by atoms with Crippen molar-refractivity contribution in [1.82, 2.24) is 31.5 Å². The maximum atomic E-state index is 13.1. The zero-order chi connectivity index (χ0) is 34.6. The maximum absolute atomic E-state index is 13.1. The first-order valence-electron chi connectivity index (χ1n) is 19.7. The summed E-state index contributed by atoms with van der Waals surface area (Å²) in [5.74, 6) is 5.85. The lowest BCUT2D eigenvalue weighted by Crippen LogP contribution is -2.50. The average molecular weight is 669 g/mol. The van der Waals surface area contributed by atoms with Crippen molar-refractivity contribution < 1.29 is 4.79 Å². The Kier molecular flexibility index (Phi) is 15.3. The molecular formula is C39H72N8O. The van der Waals surface area contributed by atoms with Gasteiger partial charge in [0.15, 0.2) is 0 Å². The highest BCUT2D eigenvalue weighted by Crippen LogP contribution is 2.67. The van der Waals surface area contributed by atoms with E-state index in [4.69, 9.17) is 10.8 Å². The van der Waals surface area contributed by atoms with E-state index in [0.717, 1.165) is 74.7 Å². The summed E-state index contributed by atoms with van der Waals surface area (Å²) in [4.78, 5) is 15.5.